The van der Waals surface area contributed by atoms with Gasteiger partial charge in [-0.05, 0) is 32.4 Å². The molecule has 0 unspecified atom stereocenters. The van der Waals surface area contributed by atoms with E-state index in [-0.39, 0.29) is 12.1 Å². The van der Waals surface area contributed by atoms with Gasteiger partial charge in [0, 0.05) is 30.6 Å². The molecule has 24 heavy (non-hydrogen) atoms. The number of morpholine rings is 1. The molecule has 0 aliphatic carbocycles. The molecule has 0 spiro atoms. The Hall–Kier alpha value is -1.86. The van der Waals surface area contributed by atoms with E-state index in [2.05, 4.69) is 15.7 Å². The number of thiazole rings is 1. The number of nitrogens with zero attached hydrogens (tertiary/aromatic N) is 2. The monoisotopic (exact) mass is 349 g/mol. The molecule has 1 N–H and O–H groups in total. The first-order chi connectivity index (χ1) is 11.6. The van der Waals surface area contributed by atoms with Gasteiger partial charge in [0.2, 0.25) is 0 Å². The number of nitrogens with one attached hydrogen (secondary N) is 1. The smallest absolute Gasteiger partial charge is 0.317 e. The minimum Gasteiger partial charge on any atom is -0.464 e. The summed E-state index contributed by atoms with van der Waals surface area (Å²) in [4.78, 5) is 18.5. The molecule has 2 aromatic rings. The second-order valence-electron chi connectivity index (χ2n) is 5.97. The highest BCUT2D eigenvalue weighted by atomic mass is 32.1. The van der Waals surface area contributed by atoms with E-state index in [0.29, 0.717) is 26.2 Å². The van der Waals surface area contributed by atoms with Gasteiger partial charge in [0.15, 0.2) is 0 Å². The molecule has 130 valence electrons. The van der Waals surface area contributed by atoms with Crippen molar-refractivity contribution in [2.75, 3.05) is 26.2 Å². The van der Waals surface area contributed by atoms with Gasteiger partial charge < -0.3 is 19.4 Å². The minimum atomic E-state index is -0.184. The Morgan fingerprint density at radius 1 is 1.46 bits per heavy atom. The Morgan fingerprint density at radius 2 is 2.33 bits per heavy atom. The van der Waals surface area contributed by atoms with Crippen LogP contribution in [0.5, 0.6) is 0 Å². The standard InChI is InChI=1S/C17H23N3O3S/c1-12-11-24-16(19-12)4-3-7-18-17(21)20-8-9-22-15(10-20)14-6-5-13(2)23-14/h5-6,11,15H,3-4,7-10H2,1-2H3,(H,18,21)/t15-/m1/s1. The average molecular weight is 349 g/mol. The van der Waals surface area contributed by atoms with E-state index in [1.165, 1.54) is 0 Å². The molecular weight excluding hydrogens is 326 g/mol. The van der Waals surface area contributed by atoms with Gasteiger partial charge in [-0.1, -0.05) is 0 Å². The van der Waals surface area contributed by atoms with E-state index in [0.717, 1.165) is 35.1 Å². The van der Waals surface area contributed by atoms with Crippen LogP contribution in [0.2, 0.25) is 0 Å². The molecule has 0 saturated carbocycles. The van der Waals surface area contributed by atoms with Crippen molar-refractivity contribution in [2.24, 2.45) is 0 Å². The van der Waals surface area contributed by atoms with Crippen LogP contribution in [0.25, 0.3) is 0 Å². The number of furan rings is 1. The lowest BCUT2D eigenvalue weighted by Gasteiger charge is -2.32. The molecule has 1 saturated heterocycles. The predicted molar refractivity (Wildman–Crippen MR) is 92.3 cm³/mol. The van der Waals surface area contributed by atoms with Crippen molar-refractivity contribution in [2.45, 2.75) is 32.8 Å². The molecule has 2 aromatic heterocycles. The van der Waals surface area contributed by atoms with Gasteiger partial charge >= 0.3 is 6.03 Å². The van der Waals surface area contributed by atoms with Crippen LogP contribution in [0, 0.1) is 13.8 Å². The maximum atomic E-state index is 12.3. The van der Waals surface area contributed by atoms with Gasteiger partial charge in [-0.15, -0.1) is 11.3 Å². The van der Waals surface area contributed by atoms with Crippen molar-refractivity contribution in [3.8, 4) is 0 Å². The SMILES string of the molecule is Cc1csc(CCCNC(=O)N2CCO[C@@H](c3ccc(C)o3)C2)n1. The van der Waals surface area contributed by atoms with Gasteiger partial charge in [0.25, 0.3) is 0 Å². The summed E-state index contributed by atoms with van der Waals surface area (Å²) in [6.07, 6.45) is 1.61. The molecule has 1 fully saturated rings. The number of carbonyl (C=O) groups is 1. The summed E-state index contributed by atoms with van der Waals surface area (Å²) in [5.41, 5.74) is 1.06. The van der Waals surface area contributed by atoms with Gasteiger partial charge in [-0.2, -0.15) is 0 Å². The Kier molecular flexibility index (Phi) is 5.52. The molecule has 2 amide bonds. The number of aryl methyl sites for hydroxylation is 3. The van der Waals surface area contributed by atoms with Crippen LogP contribution in [0.15, 0.2) is 21.9 Å². The average Bonchev–Trinajstić information content (AvgIpc) is 3.20. The number of amides is 2. The van der Waals surface area contributed by atoms with E-state index in [9.17, 15) is 4.79 Å². The number of rotatable bonds is 5. The molecule has 7 heteroatoms. The van der Waals surface area contributed by atoms with Crippen molar-refractivity contribution in [1.82, 2.24) is 15.2 Å². The van der Waals surface area contributed by atoms with E-state index in [1.54, 1.807) is 16.2 Å². The van der Waals surface area contributed by atoms with E-state index in [1.807, 2.05) is 26.0 Å². The van der Waals surface area contributed by atoms with Crippen LogP contribution >= 0.6 is 11.3 Å². The zero-order valence-electron chi connectivity index (χ0n) is 14.1. The molecular formula is C17H23N3O3S. The van der Waals surface area contributed by atoms with E-state index >= 15 is 0 Å². The van der Waals surface area contributed by atoms with Gasteiger partial charge in [0.1, 0.15) is 17.6 Å². The lowest BCUT2D eigenvalue weighted by Crippen LogP contribution is -2.47. The summed E-state index contributed by atoms with van der Waals surface area (Å²) in [7, 11) is 0. The normalized spacial score (nSPS) is 17.9. The van der Waals surface area contributed by atoms with Crippen LogP contribution in [-0.2, 0) is 11.2 Å². The second kappa shape index (κ2) is 7.81. The molecule has 1 atom stereocenters. The van der Waals surface area contributed by atoms with Crippen LogP contribution in [0.3, 0.4) is 0 Å². The molecule has 6 nitrogen and oxygen atoms in total. The number of hydrogen-bond acceptors (Lipinski definition) is 5. The predicted octanol–water partition coefficient (Wildman–Crippen LogP) is 3.07. The quantitative estimate of drug-likeness (QED) is 0.843. The fraction of sp³-hybridized carbons (Fsp3) is 0.529. The van der Waals surface area contributed by atoms with Gasteiger partial charge in [0.05, 0.1) is 18.2 Å². The summed E-state index contributed by atoms with van der Waals surface area (Å²) in [6, 6.07) is 3.79. The third-order valence-corrected chi connectivity index (χ3v) is 4.97. The first-order valence-corrected chi connectivity index (χ1v) is 9.11. The number of aromatic nitrogens is 1. The fourth-order valence-electron chi connectivity index (χ4n) is 2.70. The number of hydrogen-bond donors (Lipinski definition) is 1. The highest BCUT2D eigenvalue weighted by Gasteiger charge is 2.27. The summed E-state index contributed by atoms with van der Waals surface area (Å²) < 4.78 is 11.3. The maximum Gasteiger partial charge on any atom is 0.317 e. The van der Waals surface area contributed by atoms with Crippen molar-refractivity contribution >= 4 is 17.4 Å². The lowest BCUT2D eigenvalue weighted by molar-refractivity contribution is -0.0263. The summed E-state index contributed by atoms with van der Waals surface area (Å²) in [5, 5.41) is 6.16. The van der Waals surface area contributed by atoms with Crippen molar-refractivity contribution < 1.29 is 13.9 Å². The number of urea groups is 1. The highest BCUT2D eigenvalue weighted by Crippen LogP contribution is 2.24. The fourth-order valence-corrected chi connectivity index (χ4v) is 3.51. The maximum absolute atomic E-state index is 12.3. The molecule has 1 aliphatic rings. The van der Waals surface area contributed by atoms with Crippen LogP contribution < -0.4 is 5.32 Å². The van der Waals surface area contributed by atoms with Crippen molar-refractivity contribution in [3.63, 3.8) is 0 Å². The molecule has 0 bridgehead atoms. The van der Waals surface area contributed by atoms with Crippen molar-refractivity contribution in [3.05, 3.63) is 39.7 Å². The third kappa shape index (κ3) is 4.36. The Balaban J connectivity index is 1.42. The second-order valence-corrected chi connectivity index (χ2v) is 6.91. The lowest BCUT2D eigenvalue weighted by atomic mass is 10.2. The largest absolute Gasteiger partial charge is 0.464 e. The van der Waals surface area contributed by atoms with Crippen molar-refractivity contribution in [1.29, 1.82) is 0 Å². The molecule has 1 aliphatic heterocycles. The van der Waals surface area contributed by atoms with Crippen LogP contribution in [-0.4, -0.2) is 42.2 Å². The number of carbonyl (C=O) groups excluding carboxylic acids is 1. The molecule has 3 heterocycles. The summed E-state index contributed by atoms with van der Waals surface area (Å²) in [6.45, 7) is 6.20. The summed E-state index contributed by atoms with van der Waals surface area (Å²) in [5.74, 6) is 1.64. The van der Waals surface area contributed by atoms with E-state index < -0.39 is 0 Å². The topological polar surface area (TPSA) is 67.6 Å². The third-order valence-electron chi connectivity index (χ3n) is 3.94. The van der Waals surface area contributed by atoms with Gasteiger partial charge in [-0.25, -0.2) is 9.78 Å². The minimum absolute atomic E-state index is 0.0399. The Bertz CT molecular complexity index is 682. The first-order valence-electron chi connectivity index (χ1n) is 8.23. The van der Waals surface area contributed by atoms with Gasteiger partial charge in [-0.3, -0.25) is 0 Å². The highest BCUT2D eigenvalue weighted by molar-refractivity contribution is 7.09. The van der Waals surface area contributed by atoms with Crippen LogP contribution in [0.1, 0.15) is 34.7 Å². The zero-order chi connectivity index (χ0) is 16.9. The van der Waals surface area contributed by atoms with E-state index in [4.69, 9.17) is 9.15 Å². The van der Waals surface area contributed by atoms with Crippen LogP contribution in [0.4, 0.5) is 4.79 Å². The number of ether oxygens (including phenoxy) is 1. The Labute approximate surface area is 145 Å². The zero-order valence-corrected chi connectivity index (χ0v) is 14.9. The summed E-state index contributed by atoms with van der Waals surface area (Å²) >= 11 is 1.68. The molecule has 3 rings (SSSR count). The Morgan fingerprint density at radius 3 is 3.04 bits per heavy atom. The molecule has 0 radical (unpaired) electrons. The first kappa shape index (κ1) is 17.0. The molecule has 0 aromatic carbocycles.